The maximum absolute atomic E-state index is 13.6. The lowest BCUT2D eigenvalue weighted by Gasteiger charge is -2.29. The number of hydrogen-bond acceptors (Lipinski definition) is 2. The van der Waals surface area contributed by atoms with Crippen LogP contribution in [0.15, 0.2) is 24.3 Å². The Morgan fingerprint density at radius 1 is 1.50 bits per heavy atom. The van der Waals surface area contributed by atoms with Gasteiger partial charge >= 0.3 is 0 Å². The molecule has 1 amide bonds. The van der Waals surface area contributed by atoms with Crippen molar-refractivity contribution in [3.05, 3.63) is 35.6 Å². The minimum absolute atomic E-state index is 0.167. The Kier molecular flexibility index (Phi) is 4.01. The summed E-state index contributed by atoms with van der Waals surface area (Å²) in [6.45, 7) is 3.39. The highest BCUT2D eigenvalue weighted by atomic mass is 19.1. The molecule has 0 aliphatic carbocycles. The maximum atomic E-state index is 13.6. The number of benzene rings is 1. The molecular formula is C12H16FNO2. The van der Waals surface area contributed by atoms with Crippen LogP contribution in [0.5, 0.6) is 0 Å². The molecule has 4 heteroatoms. The highest BCUT2D eigenvalue weighted by Gasteiger charge is 2.29. The SMILES string of the molecule is COC(C)(CNC(C)=O)c1ccccc1F. The van der Waals surface area contributed by atoms with Crippen LogP contribution < -0.4 is 5.32 Å². The molecule has 0 spiro atoms. The minimum Gasteiger partial charge on any atom is -0.372 e. The van der Waals surface area contributed by atoms with E-state index in [4.69, 9.17) is 4.74 Å². The number of hydrogen-bond donors (Lipinski definition) is 1. The van der Waals surface area contributed by atoms with E-state index in [0.717, 1.165) is 0 Å². The standard InChI is InChI=1S/C12H16FNO2/c1-9(15)14-8-12(2,16-3)10-6-4-5-7-11(10)13/h4-7H,8H2,1-3H3,(H,14,15). The van der Waals surface area contributed by atoms with Crippen molar-refractivity contribution in [2.75, 3.05) is 13.7 Å². The normalized spacial score (nSPS) is 14.2. The van der Waals surface area contributed by atoms with Gasteiger partial charge in [-0.25, -0.2) is 4.39 Å². The van der Waals surface area contributed by atoms with Crippen molar-refractivity contribution in [1.29, 1.82) is 0 Å². The van der Waals surface area contributed by atoms with Gasteiger partial charge in [-0.2, -0.15) is 0 Å². The lowest BCUT2D eigenvalue weighted by Crippen LogP contribution is -2.39. The minimum atomic E-state index is -0.850. The number of carbonyl (C=O) groups excluding carboxylic acids is 1. The van der Waals surface area contributed by atoms with Crippen molar-refractivity contribution in [2.45, 2.75) is 19.4 Å². The van der Waals surface area contributed by atoms with Crippen molar-refractivity contribution < 1.29 is 13.9 Å². The quantitative estimate of drug-likeness (QED) is 0.848. The summed E-state index contributed by atoms with van der Waals surface area (Å²) in [5.74, 6) is -0.503. The molecule has 1 unspecified atom stereocenters. The number of ether oxygens (including phenoxy) is 1. The van der Waals surface area contributed by atoms with Gasteiger partial charge in [-0.1, -0.05) is 18.2 Å². The van der Waals surface area contributed by atoms with Crippen LogP contribution in [0.1, 0.15) is 19.4 Å². The second kappa shape index (κ2) is 5.07. The van der Waals surface area contributed by atoms with Crippen LogP contribution in [0.2, 0.25) is 0 Å². The van der Waals surface area contributed by atoms with Gasteiger partial charge in [0.15, 0.2) is 0 Å². The Morgan fingerprint density at radius 2 is 2.12 bits per heavy atom. The molecule has 0 aromatic heterocycles. The van der Waals surface area contributed by atoms with E-state index in [1.165, 1.54) is 20.1 Å². The molecular weight excluding hydrogens is 209 g/mol. The van der Waals surface area contributed by atoms with E-state index in [1.54, 1.807) is 25.1 Å². The fourth-order valence-corrected chi connectivity index (χ4v) is 1.46. The first-order chi connectivity index (χ1) is 7.49. The molecule has 1 rings (SSSR count). The monoisotopic (exact) mass is 225 g/mol. The summed E-state index contributed by atoms with van der Waals surface area (Å²) in [5, 5.41) is 2.63. The number of nitrogens with one attached hydrogen (secondary N) is 1. The first kappa shape index (κ1) is 12.6. The van der Waals surface area contributed by atoms with Crippen molar-refractivity contribution in [2.24, 2.45) is 0 Å². The molecule has 1 N–H and O–H groups in total. The molecule has 0 fully saturated rings. The molecule has 1 aromatic carbocycles. The summed E-state index contributed by atoms with van der Waals surface area (Å²) in [5.41, 5.74) is -0.414. The summed E-state index contributed by atoms with van der Waals surface area (Å²) in [6, 6.07) is 6.39. The number of methoxy groups -OCH3 is 1. The zero-order valence-corrected chi connectivity index (χ0v) is 9.71. The van der Waals surface area contributed by atoms with Crippen LogP contribution in [0.4, 0.5) is 4.39 Å². The van der Waals surface area contributed by atoms with Gasteiger partial charge in [0.05, 0.1) is 6.54 Å². The largest absolute Gasteiger partial charge is 0.372 e. The highest BCUT2D eigenvalue weighted by Crippen LogP contribution is 2.26. The molecule has 1 atom stereocenters. The van der Waals surface area contributed by atoms with Gasteiger partial charge < -0.3 is 10.1 Å². The Balaban J connectivity index is 2.95. The van der Waals surface area contributed by atoms with Crippen LogP contribution >= 0.6 is 0 Å². The van der Waals surface area contributed by atoms with E-state index in [-0.39, 0.29) is 18.3 Å². The molecule has 0 heterocycles. The van der Waals surface area contributed by atoms with Crippen LogP contribution in [0, 0.1) is 5.82 Å². The number of carbonyl (C=O) groups is 1. The van der Waals surface area contributed by atoms with Gasteiger partial charge in [0.25, 0.3) is 0 Å². The first-order valence-electron chi connectivity index (χ1n) is 5.04. The van der Waals surface area contributed by atoms with Gasteiger partial charge in [-0.3, -0.25) is 4.79 Å². The van der Waals surface area contributed by atoms with Gasteiger partial charge in [0, 0.05) is 19.6 Å². The fourth-order valence-electron chi connectivity index (χ4n) is 1.46. The zero-order valence-electron chi connectivity index (χ0n) is 9.71. The maximum Gasteiger partial charge on any atom is 0.216 e. The Bertz CT molecular complexity index is 381. The van der Waals surface area contributed by atoms with Gasteiger partial charge in [-0.15, -0.1) is 0 Å². The Hall–Kier alpha value is -1.42. The molecule has 0 radical (unpaired) electrons. The van der Waals surface area contributed by atoms with E-state index >= 15 is 0 Å². The third kappa shape index (κ3) is 2.79. The van der Waals surface area contributed by atoms with Crippen molar-refractivity contribution >= 4 is 5.91 Å². The van der Waals surface area contributed by atoms with E-state index in [9.17, 15) is 9.18 Å². The summed E-state index contributed by atoms with van der Waals surface area (Å²) in [4.78, 5) is 10.9. The average molecular weight is 225 g/mol. The molecule has 0 aliphatic rings. The van der Waals surface area contributed by atoms with Crippen molar-refractivity contribution in [3.8, 4) is 0 Å². The third-order valence-corrected chi connectivity index (χ3v) is 2.57. The van der Waals surface area contributed by atoms with Gasteiger partial charge in [0.1, 0.15) is 11.4 Å². The number of halogens is 1. The number of rotatable bonds is 4. The highest BCUT2D eigenvalue weighted by molar-refractivity contribution is 5.72. The second-order valence-electron chi connectivity index (χ2n) is 3.82. The first-order valence-corrected chi connectivity index (χ1v) is 5.04. The van der Waals surface area contributed by atoms with Crippen LogP contribution in [-0.2, 0) is 15.1 Å². The molecule has 0 saturated heterocycles. The summed E-state index contributed by atoms with van der Waals surface area (Å²) in [6.07, 6.45) is 0. The third-order valence-electron chi connectivity index (χ3n) is 2.57. The lowest BCUT2D eigenvalue weighted by atomic mass is 9.95. The van der Waals surface area contributed by atoms with Gasteiger partial charge in [-0.05, 0) is 13.0 Å². The van der Waals surface area contributed by atoms with Crippen LogP contribution in [-0.4, -0.2) is 19.6 Å². The van der Waals surface area contributed by atoms with E-state index in [1.807, 2.05) is 0 Å². The van der Waals surface area contributed by atoms with Crippen LogP contribution in [0.25, 0.3) is 0 Å². The van der Waals surface area contributed by atoms with Gasteiger partial charge in [0.2, 0.25) is 5.91 Å². The molecule has 16 heavy (non-hydrogen) atoms. The molecule has 0 bridgehead atoms. The van der Waals surface area contributed by atoms with Crippen molar-refractivity contribution in [3.63, 3.8) is 0 Å². The average Bonchev–Trinajstić information content (AvgIpc) is 2.26. The fraction of sp³-hybridized carbons (Fsp3) is 0.417. The van der Waals surface area contributed by atoms with Crippen molar-refractivity contribution in [1.82, 2.24) is 5.32 Å². The number of amides is 1. The topological polar surface area (TPSA) is 38.3 Å². The van der Waals surface area contributed by atoms with E-state index < -0.39 is 5.60 Å². The Labute approximate surface area is 94.6 Å². The molecule has 88 valence electrons. The summed E-state index contributed by atoms with van der Waals surface area (Å²) < 4.78 is 18.9. The van der Waals surface area contributed by atoms with E-state index in [2.05, 4.69) is 5.32 Å². The molecule has 3 nitrogen and oxygen atoms in total. The molecule has 1 aromatic rings. The van der Waals surface area contributed by atoms with Crippen LogP contribution in [0.3, 0.4) is 0 Å². The molecule has 0 saturated carbocycles. The smallest absolute Gasteiger partial charge is 0.216 e. The lowest BCUT2D eigenvalue weighted by molar-refractivity contribution is -0.120. The summed E-state index contributed by atoms with van der Waals surface area (Å²) >= 11 is 0. The van der Waals surface area contributed by atoms with E-state index in [0.29, 0.717) is 5.56 Å². The predicted octanol–water partition coefficient (Wildman–Crippen LogP) is 1.82. The predicted molar refractivity (Wildman–Crippen MR) is 59.4 cm³/mol. The molecule has 0 aliphatic heterocycles. The second-order valence-corrected chi connectivity index (χ2v) is 3.82. The zero-order chi connectivity index (χ0) is 12.2. The Morgan fingerprint density at radius 3 is 2.62 bits per heavy atom. The summed E-state index contributed by atoms with van der Waals surface area (Å²) in [7, 11) is 1.49.